The van der Waals surface area contributed by atoms with Gasteiger partial charge in [0.2, 0.25) is 0 Å². The van der Waals surface area contributed by atoms with Crippen molar-refractivity contribution in [3.05, 3.63) is 55.9 Å². The Morgan fingerprint density at radius 3 is 2.39 bits per heavy atom. The van der Waals surface area contributed by atoms with E-state index < -0.39 is 17.9 Å². The second-order valence-electron chi connectivity index (χ2n) is 5.78. The maximum absolute atomic E-state index is 12.1. The Hall–Kier alpha value is -1.77. The van der Waals surface area contributed by atoms with Gasteiger partial charge >= 0.3 is 0 Å². The normalized spacial score (nSPS) is 11.5. The van der Waals surface area contributed by atoms with Gasteiger partial charge in [-0.05, 0) is 81.1 Å². The van der Waals surface area contributed by atoms with Crippen LogP contribution in [0.5, 0.6) is 11.5 Å². The molecule has 0 saturated carbocycles. The molecule has 2 aromatic rings. The Morgan fingerprint density at radius 1 is 1.07 bits per heavy atom. The Labute approximate surface area is 185 Å². The predicted molar refractivity (Wildman–Crippen MR) is 115 cm³/mol. The van der Waals surface area contributed by atoms with E-state index in [2.05, 4.69) is 49.6 Å². The van der Waals surface area contributed by atoms with Crippen molar-refractivity contribution in [3.63, 3.8) is 0 Å². The third-order valence-electron chi connectivity index (χ3n) is 3.66. The first-order valence-electron chi connectivity index (χ1n) is 8.41. The van der Waals surface area contributed by atoms with E-state index in [1.54, 1.807) is 31.2 Å². The van der Waals surface area contributed by atoms with Crippen LogP contribution in [0.25, 0.3) is 0 Å². The third kappa shape index (κ3) is 6.68. The zero-order chi connectivity index (χ0) is 20.7. The van der Waals surface area contributed by atoms with Crippen molar-refractivity contribution in [2.75, 3.05) is 6.61 Å². The molecule has 0 aliphatic carbocycles. The molecule has 2 aromatic carbocycles. The molecule has 0 heterocycles. The minimum atomic E-state index is -0.838. The summed E-state index contributed by atoms with van der Waals surface area (Å²) in [6.45, 7) is 3.36. The number of rotatable bonds is 7. The number of halogens is 3. The number of amides is 2. The molecule has 2 amide bonds. The molecular weight excluding hydrogens is 515 g/mol. The number of carbonyl (C=O) groups excluding carboxylic acids is 2. The summed E-state index contributed by atoms with van der Waals surface area (Å²) in [5, 5.41) is 0.541. The van der Waals surface area contributed by atoms with Crippen molar-refractivity contribution in [1.29, 1.82) is 0 Å². The molecule has 0 spiro atoms. The fraction of sp³-hybridized carbons (Fsp3) is 0.263. The van der Waals surface area contributed by atoms with Crippen LogP contribution in [0, 0.1) is 0 Å². The van der Waals surface area contributed by atoms with Crippen LogP contribution in [0.15, 0.2) is 45.3 Å². The molecule has 0 saturated heterocycles. The molecule has 2 rings (SSSR count). The Balaban J connectivity index is 1.79. The molecule has 0 aromatic heterocycles. The molecule has 1 atom stereocenters. The highest BCUT2D eigenvalue weighted by Gasteiger charge is 2.17. The smallest absolute Gasteiger partial charge is 0.279 e. The lowest BCUT2D eigenvalue weighted by molar-refractivity contribution is -0.133. The van der Waals surface area contributed by atoms with Gasteiger partial charge in [0.25, 0.3) is 11.8 Å². The second kappa shape index (κ2) is 10.7. The number of nitrogens with one attached hydrogen (secondary N) is 2. The van der Waals surface area contributed by atoms with Crippen molar-refractivity contribution < 1.29 is 19.1 Å². The average molecular weight is 535 g/mol. The topological polar surface area (TPSA) is 76.7 Å². The number of ether oxygens (including phenoxy) is 2. The molecule has 0 aliphatic heterocycles. The molecule has 0 aliphatic rings. The molecule has 0 bridgehead atoms. The monoisotopic (exact) mass is 532 g/mol. The van der Waals surface area contributed by atoms with Crippen molar-refractivity contribution in [3.8, 4) is 11.5 Å². The number of benzene rings is 2. The first-order chi connectivity index (χ1) is 13.3. The lowest BCUT2D eigenvalue weighted by Gasteiger charge is -2.16. The van der Waals surface area contributed by atoms with Gasteiger partial charge in [-0.1, -0.05) is 24.6 Å². The van der Waals surface area contributed by atoms with Gasteiger partial charge in [-0.3, -0.25) is 20.4 Å². The van der Waals surface area contributed by atoms with Crippen LogP contribution in [-0.4, -0.2) is 24.5 Å². The van der Waals surface area contributed by atoms with Crippen LogP contribution in [0.4, 0.5) is 0 Å². The molecule has 2 N–H and O–H groups in total. The van der Waals surface area contributed by atoms with Gasteiger partial charge in [-0.15, -0.1) is 0 Å². The van der Waals surface area contributed by atoms with Crippen LogP contribution in [0.2, 0.25) is 5.02 Å². The lowest BCUT2D eigenvalue weighted by Crippen LogP contribution is -2.48. The zero-order valence-corrected chi connectivity index (χ0v) is 19.2. The molecule has 1 unspecified atom stereocenters. The van der Waals surface area contributed by atoms with E-state index in [-0.39, 0.29) is 6.61 Å². The Bertz CT molecular complexity index is 864. The van der Waals surface area contributed by atoms with E-state index in [4.69, 9.17) is 21.1 Å². The predicted octanol–water partition coefficient (Wildman–Crippen LogP) is 4.42. The SMILES string of the molecule is CCc1ccc(OCC(=O)NNC(=O)C(C)Oc2ccc(Cl)cc2Br)c(Br)c1. The summed E-state index contributed by atoms with van der Waals surface area (Å²) < 4.78 is 12.4. The van der Waals surface area contributed by atoms with Gasteiger partial charge in [0.15, 0.2) is 12.7 Å². The molecule has 6 nitrogen and oxygen atoms in total. The lowest BCUT2D eigenvalue weighted by atomic mass is 10.2. The minimum absolute atomic E-state index is 0.248. The van der Waals surface area contributed by atoms with E-state index in [0.29, 0.717) is 21.0 Å². The summed E-state index contributed by atoms with van der Waals surface area (Å²) in [5.74, 6) is -0.00609. The fourth-order valence-electron chi connectivity index (χ4n) is 2.11. The summed E-state index contributed by atoms with van der Waals surface area (Å²) in [5.41, 5.74) is 5.75. The summed E-state index contributed by atoms with van der Waals surface area (Å²) in [6.07, 6.45) is 0.0625. The number of aryl methyl sites for hydroxylation is 1. The summed E-state index contributed by atoms with van der Waals surface area (Å²) in [4.78, 5) is 24.0. The summed E-state index contributed by atoms with van der Waals surface area (Å²) >= 11 is 12.6. The van der Waals surface area contributed by atoms with Crippen molar-refractivity contribution in [1.82, 2.24) is 10.9 Å². The van der Waals surface area contributed by atoms with E-state index in [1.807, 2.05) is 12.1 Å². The number of hydrazine groups is 1. The maximum atomic E-state index is 12.1. The zero-order valence-electron chi connectivity index (χ0n) is 15.2. The van der Waals surface area contributed by atoms with Gasteiger partial charge in [-0.2, -0.15) is 0 Å². The first kappa shape index (κ1) is 22.5. The molecule has 9 heteroatoms. The highest BCUT2D eigenvalue weighted by atomic mass is 79.9. The van der Waals surface area contributed by atoms with Crippen LogP contribution < -0.4 is 20.3 Å². The van der Waals surface area contributed by atoms with Crippen LogP contribution in [0.1, 0.15) is 19.4 Å². The second-order valence-corrected chi connectivity index (χ2v) is 7.92. The largest absolute Gasteiger partial charge is 0.483 e. The molecule has 0 fully saturated rings. The average Bonchev–Trinajstić information content (AvgIpc) is 2.67. The van der Waals surface area contributed by atoms with Gasteiger partial charge < -0.3 is 9.47 Å². The van der Waals surface area contributed by atoms with Gasteiger partial charge in [-0.25, -0.2) is 0 Å². The number of hydrogen-bond acceptors (Lipinski definition) is 4. The molecule has 28 heavy (non-hydrogen) atoms. The first-order valence-corrected chi connectivity index (χ1v) is 10.4. The van der Waals surface area contributed by atoms with Crippen molar-refractivity contribution in [2.45, 2.75) is 26.4 Å². The Kier molecular flexibility index (Phi) is 8.59. The van der Waals surface area contributed by atoms with E-state index in [1.165, 1.54) is 0 Å². The van der Waals surface area contributed by atoms with Gasteiger partial charge in [0.05, 0.1) is 8.95 Å². The van der Waals surface area contributed by atoms with Gasteiger partial charge in [0.1, 0.15) is 11.5 Å². The number of hydrogen-bond donors (Lipinski definition) is 2. The fourth-order valence-corrected chi connectivity index (χ4v) is 3.43. The number of carbonyl (C=O) groups is 2. The summed E-state index contributed by atoms with van der Waals surface area (Å²) in [6, 6.07) is 10.6. The van der Waals surface area contributed by atoms with Crippen LogP contribution in [-0.2, 0) is 16.0 Å². The molecule has 150 valence electrons. The quantitative estimate of drug-likeness (QED) is 0.516. The third-order valence-corrected chi connectivity index (χ3v) is 5.13. The van der Waals surface area contributed by atoms with Gasteiger partial charge in [0, 0.05) is 5.02 Å². The standard InChI is InChI=1S/C19H19Br2ClN2O4/c1-3-12-4-6-16(14(20)8-12)27-10-18(25)23-24-19(26)11(2)28-17-7-5-13(22)9-15(17)21/h4-9,11H,3,10H2,1-2H3,(H,23,25)(H,24,26). The highest BCUT2D eigenvalue weighted by Crippen LogP contribution is 2.29. The van der Waals surface area contributed by atoms with E-state index in [0.717, 1.165) is 16.5 Å². The van der Waals surface area contributed by atoms with E-state index >= 15 is 0 Å². The minimum Gasteiger partial charge on any atom is -0.483 e. The van der Waals surface area contributed by atoms with Crippen molar-refractivity contribution in [2.24, 2.45) is 0 Å². The van der Waals surface area contributed by atoms with Crippen LogP contribution >= 0.6 is 43.5 Å². The van der Waals surface area contributed by atoms with E-state index in [9.17, 15) is 9.59 Å². The maximum Gasteiger partial charge on any atom is 0.279 e. The summed E-state index contributed by atoms with van der Waals surface area (Å²) in [7, 11) is 0. The molecular formula is C19H19Br2ClN2O4. The highest BCUT2D eigenvalue weighted by molar-refractivity contribution is 9.10. The Morgan fingerprint density at radius 2 is 1.75 bits per heavy atom. The molecule has 0 radical (unpaired) electrons. The van der Waals surface area contributed by atoms with Crippen LogP contribution in [0.3, 0.4) is 0 Å². The van der Waals surface area contributed by atoms with Crippen molar-refractivity contribution >= 4 is 55.3 Å².